The van der Waals surface area contributed by atoms with Crippen LogP contribution in [0.2, 0.25) is 0 Å². The average molecular weight is 178 g/mol. The molecule has 1 rings (SSSR count). The van der Waals surface area contributed by atoms with Gasteiger partial charge in [-0.3, -0.25) is 0 Å². The third-order valence-electron chi connectivity index (χ3n) is 1.73. The number of hydrogen-bond donors (Lipinski definition) is 0. The Labute approximate surface area is 78.8 Å². The molecule has 0 aromatic heterocycles. The molecule has 0 atom stereocenters. The summed E-state index contributed by atoms with van der Waals surface area (Å²) in [5, 5.41) is 0. The SMILES string of the molecule is COC(=Cc1cccc(C)c1)OC. The summed E-state index contributed by atoms with van der Waals surface area (Å²) in [5.74, 6) is 0.519. The monoisotopic (exact) mass is 178 g/mol. The largest absolute Gasteiger partial charge is 0.469 e. The van der Waals surface area contributed by atoms with E-state index in [1.54, 1.807) is 14.2 Å². The maximum Gasteiger partial charge on any atom is 0.279 e. The molecule has 0 spiro atoms. The summed E-state index contributed by atoms with van der Waals surface area (Å²) >= 11 is 0. The molecule has 0 saturated heterocycles. The van der Waals surface area contributed by atoms with Gasteiger partial charge in [0.1, 0.15) is 0 Å². The van der Waals surface area contributed by atoms with Crippen LogP contribution in [-0.2, 0) is 9.47 Å². The summed E-state index contributed by atoms with van der Waals surface area (Å²) in [6.45, 7) is 2.05. The van der Waals surface area contributed by atoms with Crippen LogP contribution in [0.1, 0.15) is 11.1 Å². The molecule has 13 heavy (non-hydrogen) atoms. The first kappa shape index (κ1) is 9.65. The first-order chi connectivity index (χ1) is 6.26. The normalized spacial score (nSPS) is 9.15. The van der Waals surface area contributed by atoms with Crippen molar-refractivity contribution in [3.8, 4) is 0 Å². The fourth-order valence-electron chi connectivity index (χ4n) is 1.10. The van der Waals surface area contributed by atoms with Crippen molar-refractivity contribution >= 4 is 6.08 Å². The summed E-state index contributed by atoms with van der Waals surface area (Å²) in [7, 11) is 3.18. The maximum absolute atomic E-state index is 4.98. The van der Waals surface area contributed by atoms with E-state index in [2.05, 4.69) is 19.1 Å². The molecule has 0 fully saturated rings. The molecule has 70 valence electrons. The fourth-order valence-corrected chi connectivity index (χ4v) is 1.10. The van der Waals surface area contributed by atoms with Crippen molar-refractivity contribution in [1.29, 1.82) is 0 Å². The number of aryl methyl sites for hydroxylation is 1. The molecular weight excluding hydrogens is 164 g/mol. The topological polar surface area (TPSA) is 18.5 Å². The minimum absolute atomic E-state index is 0.519. The number of ether oxygens (including phenoxy) is 2. The van der Waals surface area contributed by atoms with Crippen molar-refractivity contribution < 1.29 is 9.47 Å². The summed E-state index contributed by atoms with van der Waals surface area (Å²) in [6.07, 6.45) is 1.85. The first-order valence-electron chi connectivity index (χ1n) is 4.12. The highest BCUT2D eigenvalue weighted by Crippen LogP contribution is 2.09. The Bertz CT molecular complexity index is 297. The van der Waals surface area contributed by atoms with Gasteiger partial charge in [0.25, 0.3) is 5.95 Å². The van der Waals surface area contributed by atoms with Crippen LogP contribution in [0.4, 0.5) is 0 Å². The molecule has 0 aliphatic heterocycles. The minimum Gasteiger partial charge on any atom is -0.469 e. The molecule has 0 saturated carbocycles. The van der Waals surface area contributed by atoms with E-state index in [4.69, 9.17) is 9.47 Å². The molecule has 2 nitrogen and oxygen atoms in total. The number of methoxy groups -OCH3 is 2. The molecule has 0 heterocycles. The standard InChI is InChI=1S/C11H14O2/c1-9-5-4-6-10(7-9)8-11(12-2)13-3/h4-8H,1-3H3. The Morgan fingerprint density at radius 2 is 1.92 bits per heavy atom. The zero-order valence-corrected chi connectivity index (χ0v) is 8.20. The fraction of sp³-hybridized carbons (Fsp3) is 0.273. The van der Waals surface area contributed by atoms with Crippen LogP contribution in [0.25, 0.3) is 6.08 Å². The minimum atomic E-state index is 0.519. The van der Waals surface area contributed by atoms with Crippen LogP contribution in [0.15, 0.2) is 30.2 Å². The quantitative estimate of drug-likeness (QED) is 0.662. The van der Waals surface area contributed by atoms with Gasteiger partial charge in [0.15, 0.2) is 0 Å². The van der Waals surface area contributed by atoms with Crippen molar-refractivity contribution in [1.82, 2.24) is 0 Å². The number of rotatable bonds is 3. The van der Waals surface area contributed by atoms with Crippen LogP contribution in [0, 0.1) is 6.92 Å². The van der Waals surface area contributed by atoms with Gasteiger partial charge in [0, 0.05) is 6.08 Å². The summed E-state index contributed by atoms with van der Waals surface area (Å²) < 4.78 is 9.96. The maximum atomic E-state index is 4.98. The Morgan fingerprint density at radius 1 is 1.23 bits per heavy atom. The van der Waals surface area contributed by atoms with Crippen molar-refractivity contribution in [2.75, 3.05) is 14.2 Å². The highest BCUT2D eigenvalue weighted by molar-refractivity contribution is 5.50. The molecule has 1 aromatic rings. The molecule has 0 radical (unpaired) electrons. The molecule has 0 aliphatic rings. The average Bonchev–Trinajstić information content (AvgIpc) is 2.14. The van der Waals surface area contributed by atoms with E-state index in [1.807, 2.05) is 18.2 Å². The van der Waals surface area contributed by atoms with Gasteiger partial charge in [-0.15, -0.1) is 0 Å². The van der Waals surface area contributed by atoms with Gasteiger partial charge < -0.3 is 9.47 Å². The highest BCUT2D eigenvalue weighted by atomic mass is 16.7. The highest BCUT2D eigenvalue weighted by Gasteiger charge is 1.94. The first-order valence-corrected chi connectivity index (χ1v) is 4.12. The van der Waals surface area contributed by atoms with Crippen molar-refractivity contribution in [2.24, 2.45) is 0 Å². The number of hydrogen-bond acceptors (Lipinski definition) is 2. The Balaban J connectivity index is 2.89. The van der Waals surface area contributed by atoms with Crippen LogP contribution in [0.3, 0.4) is 0 Å². The zero-order chi connectivity index (χ0) is 9.68. The van der Waals surface area contributed by atoms with Gasteiger partial charge >= 0.3 is 0 Å². The molecule has 0 unspecified atom stereocenters. The van der Waals surface area contributed by atoms with E-state index in [0.29, 0.717) is 5.95 Å². The molecule has 1 aromatic carbocycles. The predicted octanol–water partition coefficient (Wildman–Crippen LogP) is 2.59. The van der Waals surface area contributed by atoms with Crippen LogP contribution in [0.5, 0.6) is 0 Å². The lowest BCUT2D eigenvalue weighted by Gasteiger charge is -2.03. The van der Waals surface area contributed by atoms with Gasteiger partial charge in [-0.1, -0.05) is 29.8 Å². The summed E-state index contributed by atoms with van der Waals surface area (Å²) in [4.78, 5) is 0. The van der Waals surface area contributed by atoms with Gasteiger partial charge in [-0.25, -0.2) is 0 Å². The van der Waals surface area contributed by atoms with E-state index in [-0.39, 0.29) is 0 Å². The van der Waals surface area contributed by atoms with Crippen molar-refractivity contribution in [2.45, 2.75) is 6.92 Å². The lowest BCUT2D eigenvalue weighted by atomic mass is 10.1. The second-order valence-corrected chi connectivity index (χ2v) is 2.79. The predicted molar refractivity (Wildman–Crippen MR) is 53.2 cm³/mol. The Hall–Kier alpha value is -1.44. The zero-order valence-electron chi connectivity index (χ0n) is 8.20. The van der Waals surface area contributed by atoms with Crippen LogP contribution >= 0.6 is 0 Å². The summed E-state index contributed by atoms with van der Waals surface area (Å²) in [5.41, 5.74) is 2.30. The molecule has 0 aliphatic carbocycles. The molecule has 0 bridgehead atoms. The van der Waals surface area contributed by atoms with E-state index < -0.39 is 0 Å². The van der Waals surface area contributed by atoms with E-state index in [0.717, 1.165) is 5.56 Å². The third-order valence-corrected chi connectivity index (χ3v) is 1.73. The van der Waals surface area contributed by atoms with E-state index in [1.165, 1.54) is 5.56 Å². The van der Waals surface area contributed by atoms with Gasteiger partial charge in [-0.05, 0) is 12.5 Å². The molecule has 2 heteroatoms. The molecular formula is C11H14O2. The van der Waals surface area contributed by atoms with Crippen LogP contribution < -0.4 is 0 Å². The van der Waals surface area contributed by atoms with E-state index >= 15 is 0 Å². The lowest BCUT2D eigenvalue weighted by molar-refractivity contribution is 0.1000. The van der Waals surface area contributed by atoms with E-state index in [9.17, 15) is 0 Å². The van der Waals surface area contributed by atoms with Crippen molar-refractivity contribution in [3.05, 3.63) is 41.3 Å². The molecule has 0 amide bonds. The summed E-state index contributed by atoms with van der Waals surface area (Å²) in [6, 6.07) is 8.13. The van der Waals surface area contributed by atoms with Crippen molar-refractivity contribution in [3.63, 3.8) is 0 Å². The number of benzene rings is 1. The second-order valence-electron chi connectivity index (χ2n) is 2.79. The third kappa shape index (κ3) is 2.82. The smallest absolute Gasteiger partial charge is 0.279 e. The second kappa shape index (κ2) is 4.55. The lowest BCUT2D eigenvalue weighted by Crippen LogP contribution is -1.89. The van der Waals surface area contributed by atoms with Gasteiger partial charge in [0.2, 0.25) is 0 Å². The van der Waals surface area contributed by atoms with Gasteiger partial charge in [-0.2, -0.15) is 0 Å². The molecule has 0 N–H and O–H groups in total. The Kier molecular flexibility index (Phi) is 3.38. The van der Waals surface area contributed by atoms with Crippen LogP contribution in [-0.4, -0.2) is 14.2 Å². The Morgan fingerprint density at radius 3 is 2.46 bits per heavy atom. The van der Waals surface area contributed by atoms with Gasteiger partial charge in [0.05, 0.1) is 14.2 Å².